The maximum Gasteiger partial charge on any atom is 0.157 e. The number of fused-ring (bicyclic) bond motifs is 1. The van der Waals surface area contributed by atoms with Crippen LogP contribution in [0.25, 0.3) is 0 Å². The molecule has 0 aliphatic carbocycles. The van der Waals surface area contributed by atoms with Gasteiger partial charge in [-0.1, -0.05) is 19.9 Å². The molecule has 3 heteroatoms. The second-order valence-corrected chi connectivity index (χ2v) is 4.63. The summed E-state index contributed by atoms with van der Waals surface area (Å²) >= 11 is 0. The zero-order valence-corrected chi connectivity index (χ0v) is 11.0. The van der Waals surface area contributed by atoms with Crippen molar-refractivity contribution in [2.45, 2.75) is 40.0 Å². The maximum atomic E-state index is 4.68. The van der Waals surface area contributed by atoms with Crippen LogP contribution in [0, 0.1) is 6.92 Å². The molecular weight excluding hydrogens is 210 g/mol. The van der Waals surface area contributed by atoms with Crippen LogP contribution in [0.3, 0.4) is 0 Å². The highest BCUT2D eigenvalue weighted by atomic mass is 15.2. The number of aryl methyl sites for hydroxylation is 1. The zero-order chi connectivity index (χ0) is 12.3. The van der Waals surface area contributed by atoms with Crippen LogP contribution in [-0.4, -0.2) is 28.8 Å². The van der Waals surface area contributed by atoms with Crippen molar-refractivity contribution in [3.05, 3.63) is 23.4 Å². The molecule has 3 nitrogen and oxygen atoms in total. The number of aromatic nitrogens is 1. The molecule has 1 aromatic rings. The van der Waals surface area contributed by atoms with E-state index in [1.54, 1.807) is 0 Å². The largest absolute Gasteiger partial charge is 0.360 e. The molecule has 1 aliphatic heterocycles. The number of nitrogens with zero attached hydrogens (tertiary/aromatic N) is 3. The Morgan fingerprint density at radius 2 is 1.88 bits per heavy atom. The summed E-state index contributed by atoms with van der Waals surface area (Å²) in [6.45, 7) is 8.64. The molecule has 0 saturated carbocycles. The fraction of sp³-hybridized carbons (Fsp3) is 0.571. The molecule has 0 saturated heterocycles. The quantitative estimate of drug-likeness (QED) is 0.796. The molecular formula is C14H21N3. The molecule has 0 bridgehead atoms. The Labute approximate surface area is 104 Å². The van der Waals surface area contributed by atoms with E-state index in [0.29, 0.717) is 0 Å². The first-order chi connectivity index (χ1) is 8.24. The van der Waals surface area contributed by atoms with E-state index >= 15 is 0 Å². The predicted octanol–water partition coefficient (Wildman–Crippen LogP) is 3.10. The Balaban J connectivity index is 2.17. The van der Waals surface area contributed by atoms with Gasteiger partial charge in [-0.2, -0.15) is 0 Å². The molecule has 0 aromatic carbocycles. The van der Waals surface area contributed by atoms with Crippen molar-refractivity contribution in [3.8, 4) is 0 Å². The lowest BCUT2D eigenvalue weighted by Crippen LogP contribution is -2.32. The third-order valence-electron chi connectivity index (χ3n) is 3.03. The molecule has 2 heterocycles. The smallest absolute Gasteiger partial charge is 0.157 e. The molecule has 0 unspecified atom stereocenters. The average Bonchev–Trinajstić information content (AvgIpc) is 2.71. The Morgan fingerprint density at radius 1 is 1.18 bits per heavy atom. The number of hydrogen-bond donors (Lipinski definition) is 0. The SMILES string of the molecule is CCCN(CCC)C1=Nc2nc(C)ccc2C1. The summed E-state index contributed by atoms with van der Waals surface area (Å²) in [5.74, 6) is 2.12. The Hall–Kier alpha value is -1.38. The lowest BCUT2D eigenvalue weighted by Gasteiger charge is -2.23. The van der Waals surface area contributed by atoms with Gasteiger partial charge in [-0.15, -0.1) is 0 Å². The first-order valence-corrected chi connectivity index (χ1v) is 6.53. The van der Waals surface area contributed by atoms with Gasteiger partial charge in [-0.05, 0) is 25.8 Å². The van der Waals surface area contributed by atoms with Gasteiger partial charge in [0.15, 0.2) is 5.82 Å². The van der Waals surface area contributed by atoms with E-state index in [-0.39, 0.29) is 0 Å². The average molecular weight is 231 g/mol. The molecule has 0 radical (unpaired) electrons. The summed E-state index contributed by atoms with van der Waals surface area (Å²) in [5.41, 5.74) is 2.31. The number of pyridine rings is 1. The zero-order valence-electron chi connectivity index (χ0n) is 11.0. The van der Waals surface area contributed by atoms with Crippen LogP contribution in [0.4, 0.5) is 5.82 Å². The Bertz CT molecular complexity index is 417. The van der Waals surface area contributed by atoms with Crippen LogP contribution in [0.5, 0.6) is 0 Å². The van der Waals surface area contributed by atoms with E-state index in [2.05, 4.69) is 40.9 Å². The van der Waals surface area contributed by atoms with Gasteiger partial charge in [0.25, 0.3) is 0 Å². The van der Waals surface area contributed by atoms with Crippen molar-refractivity contribution in [2.24, 2.45) is 4.99 Å². The van der Waals surface area contributed by atoms with Gasteiger partial charge in [0.05, 0.1) is 0 Å². The second-order valence-electron chi connectivity index (χ2n) is 4.63. The summed E-state index contributed by atoms with van der Waals surface area (Å²) in [5, 5.41) is 0. The normalized spacial score (nSPS) is 13.5. The maximum absolute atomic E-state index is 4.68. The number of hydrogen-bond acceptors (Lipinski definition) is 3. The van der Waals surface area contributed by atoms with E-state index in [4.69, 9.17) is 0 Å². The minimum atomic E-state index is 0.928. The van der Waals surface area contributed by atoms with Crippen LogP contribution >= 0.6 is 0 Å². The highest BCUT2D eigenvalue weighted by molar-refractivity contribution is 5.91. The van der Waals surface area contributed by atoms with Crippen LogP contribution in [0.2, 0.25) is 0 Å². The van der Waals surface area contributed by atoms with Gasteiger partial charge in [0.2, 0.25) is 0 Å². The van der Waals surface area contributed by atoms with Gasteiger partial charge in [0, 0.05) is 30.8 Å². The molecule has 0 atom stereocenters. The molecule has 0 fully saturated rings. The first kappa shape index (κ1) is 12.1. The van der Waals surface area contributed by atoms with Gasteiger partial charge >= 0.3 is 0 Å². The van der Waals surface area contributed by atoms with E-state index in [1.807, 2.05) is 6.92 Å². The van der Waals surface area contributed by atoms with Crippen LogP contribution in [-0.2, 0) is 6.42 Å². The van der Waals surface area contributed by atoms with Gasteiger partial charge in [-0.25, -0.2) is 9.98 Å². The lowest BCUT2D eigenvalue weighted by molar-refractivity contribution is 0.412. The fourth-order valence-electron chi connectivity index (χ4n) is 2.23. The molecule has 2 rings (SSSR count). The van der Waals surface area contributed by atoms with E-state index < -0.39 is 0 Å². The standard InChI is InChI=1S/C14H21N3/c1-4-8-17(9-5-2)13-10-12-7-6-11(3)15-14(12)16-13/h6-7H,4-5,8-10H2,1-3H3. The van der Waals surface area contributed by atoms with E-state index in [1.165, 1.54) is 24.2 Å². The van der Waals surface area contributed by atoms with Crippen LogP contribution < -0.4 is 0 Å². The lowest BCUT2D eigenvalue weighted by atomic mass is 10.2. The third kappa shape index (κ3) is 2.65. The van der Waals surface area contributed by atoms with Crippen molar-refractivity contribution in [3.63, 3.8) is 0 Å². The van der Waals surface area contributed by atoms with Crippen molar-refractivity contribution in [1.82, 2.24) is 9.88 Å². The highest BCUT2D eigenvalue weighted by Crippen LogP contribution is 2.25. The van der Waals surface area contributed by atoms with Crippen molar-refractivity contribution in [1.29, 1.82) is 0 Å². The molecule has 0 N–H and O–H groups in total. The van der Waals surface area contributed by atoms with Gasteiger partial charge in [-0.3, -0.25) is 0 Å². The fourth-order valence-corrected chi connectivity index (χ4v) is 2.23. The van der Waals surface area contributed by atoms with Gasteiger partial charge < -0.3 is 4.90 Å². The van der Waals surface area contributed by atoms with Gasteiger partial charge in [0.1, 0.15) is 5.84 Å². The second kappa shape index (κ2) is 5.30. The number of aliphatic imine (C=N–C) groups is 1. The monoisotopic (exact) mass is 231 g/mol. The van der Waals surface area contributed by atoms with Crippen molar-refractivity contribution >= 4 is 11.7 Å². The van der Waals surface area contributed by atoms with E-state index in [9.17, 15) is 0 Å². The van der Waals surface area contributed by atoms with Crippen LogP contribution in [0.1, 0.15) is 37.9 Å². The predicted molar refractivity (Wildman–Crippen MR) is 71.9 cm³/mol. The number of rotatable bonds is 4. The summed E-state index contributed by atoms with van der Waals surface area (Å²) in [6, 6.07) is 4.23. The molecule has 0 spiro atoms. The molecule has 1 aliphatic rings. The third-order valence-corrected chi connectivity index (χ3v) is 3.03. The van der Waals surface area contributed by atoms with Crippen molar-refractivity contribution in [2.75, 3.05) is 13.1 Å². The Morgan fingerprint density at radius 3 is 2.53 bits per heavy atom. The molecule has 0 amide bonds. The Kier molecular flexibility index (Phi) is 3.77. The molecule has 1 aromatic heterocycles. The summed E-state index contributed by atoms with van der Waals surface area (Å²) in [7, 11) is 0. The van der Waals surface area contributed by atoms with Crippen LogP contribution in [0.15, 0.2) is 17.1 Å². The molecule has 92 valence electrons. The summed E-state index contributed by atoms with van der Waals surface area (Å²) < 4.78 is 0. The van der Waals surface area contributed by atoms with Crippen molar-refractivity contribution < 1.29 is 0 Å². The van der Waals surface area contributed by atoms with E-state index in [0.717, 1.165) is 31.0 Å². The minimum Gasteiger partial charge on any atom is -0.360 e. The topological polar surface area (TPSA) is 28.5 Å². The number of amidine groups is 1. The highest BCUT2D eigenvalue weighted by Gasteiger charge is 2.19. The molecule has 17 heavy (non-hydrogen) atoms. The minimum absolute atomic E-state index is 0.928. The summed E-state index contributed by atoms with van der Waals surface area (Å²) in [4.78, 5) is 11.6. The summed E-state index contributed by atoms with van der Waals surface area (Å²) in [6.07, 6.45) is 3.28. The first-order valence-electron chi connectivity index (χ1n) is 6.53.